The minimum Gasteiger partial charge on any atom is -1.00 e. The molecule has 0 fully saturated rings. The number of rotatable bonds is 7. The van der Waals surface area contributed by atoms with Gasteiger partial charge >= 0.3 is 218 Å². The van der Waals surface area contributed by atoms with Crippen molar-refractivity contribution >= 4 is 133 Å². The summed E-state index contributed by atoms with van der Waals surface area (Å²) in [7, 11) is 3.48. The Morgan fingerprint density at radius 3 is 0.884 bits per heavy atom. The average Bonchev–Trinajstić information content (AvgIpc) is 2.74. The summed E-state index contributed by atoms with van der Waals surface area (Å²) in [5, 5.41) is 35.6. The summed E-state index contributed by atoms with van der Waals surface area (Å²) in [5.41, 5.74) is 0. The van der Waals surface area contributed by atoms with Crippen molar-refractivity contribution in [3.63, 3.8) is 0 Å². The van der Waals surface area contributed by atoms with E-state index in [-0.39, 0.29) is 259 Å². The number of carboxylic acids is 3. The van der Waals surface area contributed by atoms with E-state index in [9.17, 15) is 39.0 Å². The van der Waals surface area contributed by atoms with Crippen molar-refractivity contribution in [1.82, 2.24) is 0 Å². The van der Waals surface area contributed by atoms with Gasteiger partial charge in [-0.15, -0.1) is 0 Å². The number of ether oxygens (including phenoxy) is 3. The van der Waals surface area contributed by atoms with Gasteiger partial charge in [-0.1, -0.05) is 0 Å². The number of methoxy groups -OCH3 is 3. The van der Waals surface area contributed by atoms with Crippen LogP contribution in [-0.2, 0) is 52.7 Å². The molecule has 0 aliphatic rings. The van der Waals surface area contributed by atoms with Gasteiger partial charge in [0.15, 0.2) is 0 Å². The average molecular weight is 883 g/mol. The Balaban J connectivity index is -0.0000000137. The van der Waals surface area contributed by atoms with E-state index in [0.29, 0.717) is 18.2 Å². The zero-order chi connectivity index (χ0) is 25.2. The second-order valence-electron chi connectivity index (χ2n) is 3.74. The number of aliphatic carboxylic acids is 3. The molecule has 0 aliphatic carbocycles. The normalized spacial score (nSPS) is 6.42. The van der Waals surface area contributed by atoms with Gasteiger partial charge in [0.25, 0.3) is 6.47 Å². The smallest absolute Gasteiger partial charge is 1.00 e. The number of hydrogen-bond donors (Lipinski definition) is 1. The first-order chi connectivity index (χ1) is 14.4. The van der Waals surface area contributed by atoms with Crippen molar-refractivity contribution in [1.29, 1.82) is 0 Å². The maximum atomic E-state index is 10.1. The molecule has 43 heavy (non-hydrogen) atoms. The van der Waals surface area contributed by atoms with E-state index in [1.54, 1.807) is 0 Å². The third-order valence-corrected chi connectivity index (χ3v) is 1.72. The van der Waals surface area contributed by atoms with E-state index in [0.717, 1.165) is 32.4 Å². The maximum Gasteiger partial charge on any atom is 2.00 e. The third kappa shape index (κ3) is 135. The minimum atomic E-state index is -1.42. The van der Waals surface area contributed by atoms with E-state index >= 15 is 0 Å². The van der Waals surface area contributed by atoms with Crippen LogP contribution in [0.4, 0.5) is 0 Å². The first-order valence-corrected chi connectivity index (χ1v) is 7.06. The van der Waals surface area contributed by atoms with E-state index < -0.39 is 35.8 Å². The molecule has 0 saturated carbocycles. The number of carbonyl (C=O) groups is 7. The molecule has 0 radical (unpaired) electrons. The quantitative estimate of drug-likeness (QED) is 0.0472. The Morgan fingerprint density at radius 2 is 0.767 bits per heavy atom. The fourth-order valence-electron chi connectivity index (χ4n) is 0.616. The fraction of sp³-hybridized carbons (Fsp3) is 0.188. The van der Waals surface area contributed by atoms with Crippen LogP contribution in [0.15, 0.2) is 36.5 Å². The number of carboxylic acid groups (broad SMARTS) is 3. The van der Waals surface area contributed by atoms with Crippen LogP contribution in [0, 0.1) is 0 Å². The number of carbonyl (C=O) groups excluding carboxylic acids is 6. The van der Waals surface area contributed by atoms with Gasteiger partial charge in [-0.3, -0.25) is 4.79 Å². The Kier molecular flexibility index (Phi) is 204. The molecule has 13 N–H and O–H groups in total. The standard InChI is InChI=1S/3C5H6O4.CH2O3.2ClH.2K.6H2O.2Sr.H/c3*1-9-5(8)3-2-4(6)7;2-1-4-3;;;;;;;;;;;;;/h3*2-3H,1H3,(H,6,7);1,3H;2*1H;;;6*1H2;;;/q;;;;;;2*+1;;;;;;;2*+2;-1/p-5/b3*3-2+;;;;;;;;;;;;;;. The summed E-state index contributed by atoms with van der Waals surface area (Å²) in [6.45, 7) is -0.181. The molecule has 0 rings (SSSR count). The molecule has 0 heterocycles. The molecule has 0 atom stereocenters. The molecule has 0 amide bonds. The molecule has 0 aliphatic heterocycles. The fourth-order valence-corrected chi connectivity index (χ4v) is 0.616. The number of halogens is 2. The number of esters is 3. The first kappa shape index (κ1) is 104. The van der Waals surface area contributed by atoms with Crippen molar-refractivity contribution in [3.8, 4) is 0 Å². The van der Waals surface area contributed by atoms with Gasteiger partial charge in [0.2, 0.25) is 0 Å². The van der Waals surface area contributed by atoms with Crippen molar-refractivity contribution in [2.75, 3.05) is 21.3 Å². The van der Waals surface area contributed by atoms with Gasteiger partial charge in [-0.05, 0) is 12.2 Å². The molecule has 0 bridgehead atoms. The molecule has 21 nitrogen and oxygen atoms in total. The summed E-state index contributed by atoms with van der Waals surface area (Å²) in [6, 6.07) is 0. The summed E-state index contributed by atoms with van der Waals surface area (Å²) in [5.74, 6) is -6.09. The Morgan fingerprint density at radius 1 is 0.581 bits per heavy atom. The van der Waals surface area contributed by atoms with E-state index in [4.69, 9.17) is 15.2 Å². The predicted octanol–water partition coefficient (Wildman–Crippen LogP) is -22.4. The molecular weight excluding hydrogens is 852 g/mol. The molecule has 0 aromatic carbocycles. The van der Waals surface area contributed by atoms with Crippen molar-refractivity contribution in [3.05, 3.63) is 36.5 Å². The van der Waals surface area contributed by atoms with Crippen LogP contribution >= 0.6 is 0 Å². The van der Waals surface area contributed by atoms with Gasteiger partial charge in [-0.25, -0.2) is 19.2 Å². The first-order valence-electron chi connectivity index (χ1n) is 7.06. The number of hydrogen-bond acceptors (Lipinski definition) is 14. The van der Waals surface area contributed by atoms with Gasteiger partial charge < -0.3 is 108 Å². The van der Waals surface area contributed by atoms with Gasteiger partial charge in [0.05, 0.1) is 33.3 Å². The van der Waals surface area contributed by atoms with Gasteiger partial charge in [-0.2, -0.15) is 0 Å². The topological polar surface area (TPSA) is 435 Å². The SMILES string of the molecule is COC(=O)/C=C/C(=O)O.COC(=O)/C=C/C(=O)[O-].COC(=O)/C=C/C(=O)[O-].O.O.O.O.O.O.O=CO[O-].[Cl-].[Cl-].[H-].[K+].[K+].[Sr+2].[Sr+2]. The molecule has 27 heteroatoms. The summed E-state index contributed by atoms with van der Waals surface area (Å²) in [6.07, 6.45) is 4.30. The monoisotopic (exact) mass is 882 g/mol. The zero-order valence-electron chi connectivity index (χ0n) is 24.4. The zero-order valence-corrected chi connectivity index (χ0v) is 38.1. The van der Waals surface area contributed by atoms with Crippen molar-refractivity contribution in [2.24, 2.45) is 0 Å². The van der Waals surface area contributed by atoms with E-state index in [2.05, 4.69) is 19.1 Å². The molecule has 0 spiro atoms. The van der Waals surface area contributed by atoms with E-state index in [1.165, 1.54) is 7.11 Å². The van der Waals surface area contributed by atoms with Gasteiger partial charge in [0, 0.05) is 24.3 Å². The Labute approximate surface area is 417 Å². The van der Waals surface area contributed by atoms with Crippen molar-refractivity contribution < 1.29 is 235 Å². The van der Waals surface area contributed by atoms with Crippen LogP contribution in [-0.4, -0.2) is 193 Å². The summed E-state index contributed by atoms with van der Waals surface area (Å²) < 4.78 is 12.3. The van der Waals surface area contributed by atoms with Crippen LogP contribution in [0.2, 0.25) is 0 Å². The third-order valence-electron chi connectivity index (χ3n) is 1.72. The predicted molar refractivity (Wildman–Crippen MR) is 123 cm³/mol. The molecule has 0 aromatic rings. The Bertz CT molecular complexity index is 634. The summed E-state index contributed by atoms with van der Waals surface area (Å²) in [4.78, 5) is 70.6. The van der Waals surface area contributed by atoms with Crippen LogP contribution in [0.25, 0.3) is 0 Å². The second-order valence-corrected chi connectivity index (χ2v) is 3.74. The molecule has 0 aromatic heterocycles. The largest absolute Gasteiger partial charge is 2.00 e. The molecule has 0 saturated heterocycles. The maximum absolute atomic E-state index is 10.1. The summed E-state index contributed by atoms with van der Waals surface area (Å²) >= 11 is 0. The van der Waals surface area contributed by atoms with Crippen molar-refractivity contribution in [2.45, 2.75) is 0 Å². The molecule has 240 valence electrons. The van der Waals surface area contributed by atoms with Crippen LogP contribution in [0.1, 0.15) is 1.43 Å². The van der Waals surface area contributed by atoms with Crippen LogP contribution < -0.4 is 143 Å². The van der Waals surface area contributed by atoms with E-state index in [1.807, 2.05) is 0 Å². The van der Waals surface area contributed by atoms with Crippen LogP contribution in [0.5, 0.6) is 0 Å². The Hall–Kier alpha value is 2.04. The van der Waals surface area contributed by atoms with Crippen LogP contribution in [0.3, 0.4) is 0 Å². The van der Waals surface area contributed by atoms with Gasteiger partial charge in [0.1, 0.15) is 0 Å². The second kappa shape index (κ2) is 84.7. The minimum absolute atomic E-state index is 0. The molecular formula is C16H30Cl2K2O21Sr2. The molecule has 0 unspecified atom stereocenters.